The van der Waals surface area contributed by atoms with E-state index in [2.05, 4.69) is 23.0 Å². The van der Waals surface area contributed by atoms with Crippen LogP contribution in [0.4, 0.5) is 11.4 Å². The molecule has 0 unspecified atom stereocenters. The Kier molecular flexibility index (Phi) is 3.62. The highest BCUT2D eigenvalue weighted by atomic mass is 32.1. The number of anilines is 1. The molecule has 0 aliphatic rings. The second-order valence-electron chi connectivity index (χ2n) is 4.19. The van der Waals surface area contributed by atoms with Crippen molar-refractivity contribution in [2.75, 3.05) is 5.32 Å². The Balaban J connectivity index is 2.16. The van der Waals surface area contributed by atoms with Crippen molar-refractivity contribution in [2.24, 2.45) is 0 Å². The van der Waals surface area contributed by atoms with Gasteiger partial charge in [0.15, 0.2) is 0 Å². The number of nitrogens with zero attached hydrogens (tertiary/aromatic N) is 1. The van der Waals surface area contributed by atoms with Crippen molar-refractivity contribution < 1.29 is 4.92 Å². The molecule has 0 saturated heterocycles. The maximum atomic E-state index is 10.7. The molecule has 2 rings (SSSR count). The summed E-state index contributed by atoms with van der Waals surface area (Å²) in [5.74, 6) is 0. The second kappa shape index (κ2) is 5.18. The first-order valence-corrected chi connectivity index (χ1v) is 6.53. The standard InChI is InChI=1S/C13H14N2O2S/c1-9-3-4-12(15(16)17)5-13(9)14-6-11-8-18-7-10(11)2/h3-5,7-8,14H,6H2,1-2H3. The Hall–Kier alpha value is -1.88. The highest BCUT2D eigenvalue weighted by molar-refractivity contribution is 7.08. The molecule has 0 atom stereocenters. The molecule has 2 aromatic rings. The normalized spacial score (nSPS) is 10.3. The Morgan fingerprint density at radius 3 is 2.67 bits per heavy atom. The van der Waals surface area contributed by atoms with Gasteiger partial charge in [0.2, 0.25) is 0 Å². The van der Waals surface area contributed by atoms with Crippen LogP contribution >= 0.6 is 11.3 Å². The highest BCUT2D eigenvalue weighted by Gasteiger charge is 2.08. The summed E-state index contributed by atoms with van der Waals surface area (Å²) in [7, 11) is 0. The lowest BCUT2D eigenvalue weighted by Crippen LogP contribution is -2.02. The first-order valence-electron chi connectivity index (χ1n) is 5.58. The highest BCUT2D eigenvalue weighted by Crippen LogP contribution is 2.23. The minimum atomic E-state index is -0.375. The lowest BCUT2D eigenvalue weighted by atomic mass is 10.1. The van der Waals surface area contributed by atoms with E-state index in [1.165, 1.54) is 17.2 Å². The molecule has 0 saturated carbocycles. The first-order chi connectivity index (χ1) is 8.58. The molecule has 4 nitrogen and oxygen atoms in total. The number of aryl methyl sites for hydroxylation is 2. The third kappa shape index (κ3) is 2.68. The van der Waals surface area contributed by atoms with E-state index in [1.54, 1.807) is 23.5 Å². The molecule has 0 fully saturated rings. The number of benzene rings is 1. The van der Waals surface area contributed by atoms with E-state index >= 15 is 0 Å². The van der Waals surface area contributed by atoms with Gasteiger partial charge in [-0.3, -0.25) is 10.1 Å². The maximum Gasteiger partial charge on any atom is 0.271 e. The van der Waals surface area contributed by atoms with E-state index in [0.717, 1.165) is 11.3 Å². The van der Waals surface area contributed by atoms with Crippen molar-refractivity contribution in [2.45, 2.75) is 20.4 Å². The molecule has 0 bridgehead atoms. The summed E-state index contributed by atoms with van der Waals surface area (Å²) in [6.07, 6.45) is 0. The van der Waals surface area contributed by atoms with Crippen LogP contribution in [0.3, 0.4) is 0 Å². The van der Waals surface area contributed by atoms with Crippen molar-refractivity contribution in [3.8, 4) is 0 Å². The zero-order valence-corrected chi connectivity index (χ0v) is 11.1. The zero-order valence-electron chi connectivity index (χ0n) is 10.3. The zero-order chi connectivity index (χ0) is 13.1. The average molecular weight is 262 g/mol. The van der Waals surface area contributed by atoms with Crippen LogP contribution in [0, 0.1) is 24.0 Å². The predicted molar refractivity (Wildman–Crippen MR) is 74.2 cm³/mol. The van der Waals surface area contributed by atoms with Crippen LogP contribution in [0.25, 0.3) is 0 Å². The van der Waals surface area contributed by atoms with Crippen molar-refractivity contribution >= 4 is 22.7 Å². The van der Waals surface area contributed by atoms with Gasteiger partial charge >= 0.3 is 0 Å². The number of rotatable bonds is 4. The molecule has 0 aliphatic carbocycles. The Labute approximate surface area is 109 Å². The van der Waals surface area contributed by atoms with Crippen molar-refractivity contribution in [3.05, 3.63) is 55.8 Å². The number of hydrogen-bond donors (Lipinski definition) is 1. The van der Waals surface area contributed by atoms with Gasteiger partial charge in [-0.15, -0.1) is 0 Å². The van der Waals surface area contributed by atoms with Crippen molar-refractivity contribution in [1.29, 1.82) is 0 Å². The molecule has 1 aromatic heterocycles. The summed E-state index contributed by atoms with van der Waals surface area (Å²) >= 11 is 1.67. The number of nitro groups is 1. The van der Waals surface area contributed by atoms with Gasteiger partial charge in [-0.1, -0.05) is 6.07 Å². The van der Waals surface area contributed by atoms with Crippen molar-refractivity contribution in [1.82, 2.24) is 0 Å². The molecule has 94 valence electrons. The Morgan fingerprint density at radius 1 is 1.28 bits per heavy atom. The molecule has 1 aromatic carbocycles. The summed E-state index contributed by atoms with van der Waals surface area (Å²) in [5, 5.41) is 18.2. The van der Waals surface area contributed by atoms with Gasteiger partial charge in [0.05, 0.1) is 4.92 Å². The Morgan fingerprint density at radius 2 is 2.06 bits per heavy atom. The molecular formula is C13H14N2O2S. The Bertz CT molecular complexity index is 578. The summed E-state index contributed by atoms with van der Waals surface area (Å²) in [6.45, 7) is 4.69. The molecule has 5 heteroatoms. The van der Waals surface area contributed by atoms with Crippen LogP contribution in [0.1, 0.15) is 16.7 Å². The second-order valence-corrected chi connectivity index (χ2v) is 4.93. The van der Waals surface area contributed by atoms with E-state index in [-0.39, 0.29) is 10.6 Å². The van der Waals surface area contributed by atoms with Gasteiger partial charge in [-0.25, -0.2) is 0 Å². The van der Waals surface area contributed by atoms with Gasteiger partial charge in [0, 0.05) is 24.4 Å². The molecule has 1 N–H and O–H groups in total. The third-order valence-electron chi connectivity index (χ3n) is 2.86. The van der Waals surface area contributed by atoms with Crippen molar-refractivity contribution in [3.63, 3.8) is 0 Å². The topological polar surface area (TPSA) is 55.2 Å². The number of thiophene rings is 1. The summed E-state index contributed by atoms with van der Waals surface area (Å²) in [5.41, 5.74) is 4.41. The fourth-order valence-corrected chi connectivity index (χ4v) is 2.53. The van der Waals surface area contributed by atoms with Gasteiger partial charge < -0.3 is 5.32 Å². The van der Waals surface area contributed by atoms with Crippen LogP contribution in [-0.2, 0) is 6.54 Å². The van der Waals surface area contributed by atoms with Crippen LogP contribution in [-0.4, -0.2) is 4.92 Å². The van der Waals surface area contributed by atoms with Crippen LogP contribution < -0.4 is 5.32 Å². The maximum absolute atomic E-state index is 10.7. The number of nitrogens with one attached hydrogen (secondary N) is 1. The average Bonchev–Trinajstić information content (AvgIpc) is 2.73. The molecule has 0 spiro atoms. The molecular weight excluding hydrogens is 248 g/mol. The largest absolute Gasteiger partial charge is 0.381 e. The lowest BCUT2D eigenvalue weighted by Gasteiger charge is -2.09. The fraction of sp³-hybridized carbons (Fsp3) is 0.231. The van der Waals surface area contributed by atoms with Crippen LogP contribution in [0.15, 0.2) is 29.0 Å². The molecule has 0 amide bonds. The number of non-ortho nitro benzene ring substituents is 1. The minimum Gasteiger partial charge on any atom is -0.381 e. The summed E-state index contributed by atoms with van der Waals surface area (Å²) in [6, 6.07) is 4.87. The summed E-state index contributed by atoms with van der Waals surface area (Å²) in [4.78, 5) is 10.4. The lowest BCUT2D eigenvalue weighted by molar-refractivity contribution is -0.384. The smallest absolute Gasteiger partial charge is 0.271 e. The summed E-state index contributed by atoms with van der Waals surface area (Å²) < 4.78 is 0. The van der Waals surface area contributed by atoms with E-state index in [0.29, 0.717) is 6.54 Å². The molecule has 1 heterocycles. The molecule has 18 heavy (non-hydrogen) atoms. The third-order valence-corrected chi connectivity index (χ3v) is 3.77. The number of hydrogen-bond acceptors (Lipinski definition) is 4. The number of nitro benzene ring substituents is 1. The van der Waals surface area contributed by atoms with E-state index in [9.17, 15) is 10.1 Å². The van der Waals surface area contributed by atoms with Crippen LogP contribution in [0.5, 0.6) is 0 Å². The molecule has 0 aliphatic heterocycles. The first kappa shape index (κ1) is 12.6. The van der Waals surface area contributed by atoms with E-state index in [1.807, 2.05) is 6.92 Å². The van der Waals surface area contributed by atoms with E-state index < -0.39 is 0 Å². The minimum absolute atomic E-state index is 0.116. The van der Waals surface area contributed by atoms with Crippen LogP contribution in [0.2, 0.25) is 0 Å². The predicted octanol–water partition coefficient (Wildman–Crippen LogP) is 3.89. The van der Waals surface area contributed by atoms with Gasteiger partial charge in [-0.2, -0.15) is 11.3 Å². The van der Waals surface area contributed by atoms with E-state index in [4.69, 9.17) is 0 Å². The monoisotopic (exact) mass is 262 g/mol. The molecule has 0 radical (unpaired) electrons. The SMILES string of the molecule is Cc1cscc1CNc1cc([N+](=O)[O-])ccc1C. The fourth-order valence-electron chi connectivity index (χ4n) is 1.67. The van der Waals surface area contributed by atoms with Gasteiger partial charge in [0.25, 0.3) is 5.69 Å². The van der Waals surface area contributed by atoms with Gasteiger partial charge in [-0.05, 0) is 41.3 Å². The quantitative estimate of drug-likeness (QED) is 0.672. The van der Waals surface area contributed by atoms with Gasteiger partial charge in [0.1, 0.15) is 0 Å².